The van der Waals surface area contributed by atoms with E-state index in [9.17, 15) is 4.79 Å². The van der Waals surface area contributed by atoms with Crippen LogP contribution >= 0.6 is 11.3 Å². The van der Waals surface area contributed by atoms with Crippen LogP contribution in [0.1, 0.15) is 28.8 Å². The standard InChI is InChI=1S/C21H19N3O4S/c1-26-16-4-7-22-10-13(16)8-15-11-23-20(29-15)24-19(25)21(5-6-21)14-2-3-17-18(9-14)28-12-27-17/h2-4,7,9-11H,5-6,8,12H2,1H3,(H,23,24,25). The summed E-state index contributed by atoms with van der Waals surface area (Å²) in [5.41, 5.74) is 1.42. The molecule has 1 N–H and O–H groups in total. The molecular formula is C21H19N3O4S. The smallest absolute Gasteiger partial charge is 0.236 e. The SMILES string of the molecule is COc1ccncc1Cc1cnc(NC(=O)C2(c3ccc4c(c3)OCO4)CC2)s1. The van der Waals surface area contributed by atoms with Crippen molar-refractivity contribution in [3.05, 3.63) is 58.9 Å². The van der Waals surface area contributed by atoms with Crippen LogP contribution in [0.4, 0.5) is 5.13 Å². The van der Waals surface area contributed by atoms with E-state index in [-0.39, 0.29) is 12.7 Å². The number of amides is 1. The fourth-order valence-corrected chi connectivity index (χ4v) is 4.39. The molecule has 5 rings (SSSR count). The molecule has 1 aromatic carbocycles. The third-order valence-electron chi connectivity index (χ3n) is 5.33. The van der Waals surface area contributed by atoms with Crippen molar-refractivity contribution in [1.29, 1.82) is 0 Å². The van der Waals surface area contributed by atoms with Crippen LogP contribution in [0.15, 0.2) is 42.9 Å². The van der Waals surface area contributed by atoms with Crippen LogP contribution < -0.4 is 19.5 Å². The molecule has 1 amide bonds. The number of thiazole rings is 1. The third-order valence-corrected chi connectivity index (χ3v) is 6.24. The van der Waals surface area contributed by atoms with Gasteiger partial charge in [0.2, 0.25) is 12.7 Å². The maximum Gasteiger partial charge on any atom is 0.236 e. The number of benzene rings is 1. The van der Waals surface area contributed by atoms with Gasteiger partial charge >= 0.3 is 0 Å². The number of ether oxygens (including phenoxy) is 3. The summed E-state index contributed by atoms with van der Waals surface area (Å²) in [6, 6.07) is 7.56. The highest BCUT2D eigenvalue weighted by Gasteiger charge is 2.52. The van der Waals surface area contributed by atoms with Gasteiger partial charge in [-0.25, -0.2) is 4.98 Å². The number of carbonyl (C=O) groups excluding carboxylic acids is 1. The maximum absolute atomic E-state index is 13.0. The van der Waals surface area contributed by atoms with Gasteiger partial charge < -0.3 is 19.5 Å². The molecule has 3 aromatic rings. The number of nitrogens with one attached hydrogen (secondary N) is 1. The van der Waals surface area contributed by atoms with Gasteiger partial charge in [0.25, 0.3) is 0 Å². The van der Waals surface area contributed by atoms with Crippen molar-refractivity contribution in [2.24, 2.45) is 0 Å². The van der Waals surface area contributed by atoms with E-state index in [2.05, 4.69) is 15.3 Å². The molecule has 8 heteroatoms. The Hall–Kier alpha value is -3.13. The lowest BCUT2D eigenvalue weighted by molar-refractivity contribution is -0.118. The Balaban J connectivity index is 1.30. The minimum Gasteiger partial charge on any atom is -0.496 e. The first kappa shape index (κ1) is 17.9. The van der Waals surface area contributed by atoms with Crippen LogP contribution in [-0.4, -0.2) is 29.8 Å². The van der Waals surface area contributed by atoms with Gasteiger partial charge in [0.1, 0.15) is 5.75 Å². The van der Waals surface area contributed by atoms with Crippen molar-refractivity contribution in [2.75, 3.05) is 19.2 Å². The lowest BCUT2D eigenvalue weighted by Gasteiger charge is -2.15. The van der Waals surface area contributed by atoms with Crippen molar-refractivity contribution in [3.8, 4) is 17.2 Å². The lowest BCUT2D eigenvalue weighted by atomic mass is 9.94. The van der Waals surface area contributed by atoms with Crippen molar-refractivity contribution in [3.63, 3.8) is 0 Å². The van der Waals surface area contributed by atoms with E-state index in [0.29, 0.717) is 17.3 Å². The zero-order valence-corrected chi connectivity index (χ0v) is 16.6. The topological polar surface area (TPSA) is 82.6 Å². The van der Waals surface area contributed by atoms with Gasteiger partial charge in [-0.05, 0) is 36.6 Å². The van der Waals surface area contributed by atoms with Crippen molar-refractivity contribution in [1.82, 2.24) is 9.97 Å². The van der Waals surface area contributed by atoms with Gasteiger partial charge in [-0.3, -0.25) is 9.78 Å². The molecule has 0 unspecified atom stereocenters. The van der Waals surface area contributed by atoms with Crippen molar-refractivity contribution >= 4 is 22.4 Å². The van der Waals surface area contributed by atoms with Crippen LogP contribution in [-0.2, 0) is 16.6 Å². The van der Waals surface area contributed by atoms with Gasteiger partial charge in [-0.2, -0.15) is 0 Å². The summed E-state index contributed by atoms with van der Waals surface area (Å²) in [5.74, 6) is 2.18. The Morgan fingerprint density at radius 2 is 2.10 bits per heavy atom. The van der Waals surface area contributed by atoms with Crippen molar-refractivity contribution < 1.29 is 19.0 Å². The molecule has 0 atom stereocenters. The van der Waals surface area contributed by atoms with Gasteiger partial charge in [-0.1, -0.05) is 6.07 Å². The molecule has 0 saturated heterocycles. The van der Waals surface area contributed by atoms with E-state index in [1.807, 2.05) is 24.3 Å². The summed E-state index contributed by atoms with van der Waals surface area (Å²) >= 11 is 1.46. The summed E-state index contributed by atoms with van der Waals surface area (Å²) in [6.07, 6.45) is 7.54. The molecule has 7 nitrogen and oxygen atoms in total. The second-order valence-electron chi connectivity index (χ2n) is 7.10. The number of pyridine rings is 1. The summed E-state index contributed by atoms with van der Waals surface area (Å²) in [5, 5.41) is 3.59. The van der Waals surface area contributed by atoms with Crippen LogP contribution in [0.2, 0.25) is 0 Å². The van der Waals surface area contributed by atoms with E-state index in [4.69, 9.17) is 14.2 Å². The second kappa shape index (κ2) is 7.04. The quantitative estimate of drug-likeness (QED) is 0.671. The second-order valence-corrected chi connectivity index (χ2v) is 8.22. The predicted molar refractivity (Wildman–Crippen MR) is 108 cm³/mol. The first-order valence-electron chi connectivity index (χ1n) is 9.31. The largest absolute Gasteiger partial charge is 0.496 e. The highest BCUT2D eigenvalue weighted by atomic mass is 32.1. The number of anilines is 1. The minimum atomic E-state index is -0.515. The molecule has 2 aromatic heterocycles. The van der Waals surface area contributed by atoms with Gasteiger partial charge in [-0.15, -0.1) is 11.3 Å². The average Bonchev–Trinajstić information content (AvgIpc) is 3.22. The Morgan fingerprint density at radius 3 is 2.93 bits per heavy atom. The van der Waals surface area contributed by atoms with E-state index in [1.165, 1.54) is 11.3 Å². The third kappa shape index (κ3) is 3.29. The monoisotopic (exact) mass is 409 g/mol. The lowest BCUT2D eigenvalue weighted by Crippen LogP contribution is -2.27. The van der Waals surface area contributed by atoms with Crippen LogP contribution in [0, 0.1) is 0 Å². The Kier molecular flexibility index (Phi) is 4.35. The molecule has 0 radical (unpaired) electrons. The normalized spacial score (nSPS) is 15.8. The first-order valence-corrected chi connectivity index (χ1v) is 10.1. The molecule has 1 saturated carbocycles. The van der Waals surface area contributed by atoms with Crippen LogP contribution in [0.25, 0.3) is 0 Å². The number of rotatable bonds is 6. The molecule has 2 aliphatic rings. The molecule has 0 bridgehead atoms. The fourth-order valence-electron chi connectivity index (χ4n) is 3.56. The van der Waals surface area contributed by atoms with Gasteiger partial charge in [0, 0.05) is 35.5 Å². The summed E-state index contributed by atoms with van der Waals surface area (Å²) in [6.45, 7) is 0.224. The zero-order valence-electron chi connectivity index (χ0n) is 15.8. The van der Waals surface area contributed by atoms with Crippen LogP contribution in [0.3, 0.4) is 0 Å². The van der Waals surface area contributed by atoms with E-state index in [1.54, 1.807) is 25.7 Å². The average molecular weight is 409 g/mol. The number of nitrogens with zero attached hydrogens (tertiary/aromatic N) is 2. The molecule has 1 fully saturated rings. The van der Waals surface area contributed by atoms with E-state index in [0.717, 1.165) is 40.3 Å². The van der Waals surface area contributed by atoms with E-state index < -0.39 is 5.41 Å². The fraction of sp³-hybridized carbons (Fsp3) is 0.286. The molecule has 0 spiro atoms. The number of carbonyl (C=O) groups is 1. The molecule has 148 valence electrons. The summed E-state index contributed by atoms with van der Waals surface area (Å²) in [4.78, 5) is 22.6. The Bertz CT molecular complexity index is 1080. The number of fused-ring (bicyclic) bond motifs is 1. The maximum atomic E-state index is 13.0. The number of methoxy groups -OCH3 is 1. The highest BCUT2D eigenvalue weighted by molar-refractivity contribution is 7.15. The first-order chi connectivity index (χ1) is 14.2. The highest BCUT2D eigenvalue weighted by Crippen LogP contribution is 2.51. The number of hydrogen-bond acceptors (Lipinski definition) is 7. The Morgan fingerprint density at radius 1 is 1.24 bits per heavy atom. The molecular weight excluding hydrogens is 390 g/mol. The van der Waals surface area contributed by atoms with Crippen molar-refractivity contribution in [2.45, 2.75) is 24.7 Å². The minimum absolute atomic E-state index is 0.0313. The summed E-state index contributed by atoms with van der Waals surface area (Å²) in [7, 11) is 1.64. The van der Waals surface area contributed by atoms with Crippen LogP contribution in [0.5, 0.6) is 17.2 Å². The number of hydrogen-bond donors (Lipinski definition) is 1. The van der Waals surface area contributed by atoms with Gasteiger partial charge in [0.15, 0.2) is 16.6 Å². The molecule has 1 aliphatic heterocycles. The predicted octanol–water partition coefficient (Wildman–Crippen LogP) is 3.54. The molecule has 1 aliphatic carbocycles. The number of aromatic nitrogens is 2. The van der Waals surface area contributed by atoms with E-state index >= 15 is 0 Å². The van der Waals surface area contributed by atoms with Gasteiger partial charge in [0.05, 0.1) is 12.5 Å². The molecule has 29 heavy (non-hydrogen) atoms. The molecule has 3 heterocycles. The Labute approximate surface area is 171 Å². The zero-order chi connectivity index (χ0) is 19.8. The summed E-state index contributed by atoms with van der Waals surface area (Å²) < 4.78 is 16.2.